The molecule has 20 heavy (non-hydrogen) atoms. The van der Waals surface area contributed by atoms with E-state index >= 15 is 0 Å². The van der Waals surface area contributed by atoms with Crippen LogP contribution in [0.2, 0.25) is 0 Å². The SMILES string of the molecule is CCCCOC(=O)CNc1ccc(C#N)cc1[N+](=O)[O-]. The summed E-state index contributed by atoms with van der Waals surface area (Å²) < 4.78 is 4.93. The molecule has 1 N–H and O–H groups in total. The average molecular weight is 277 g/mol. The van der Waals surface area contributed by atoms with Gasteiger partial charge >= 0.3 is 5.97 Å². The number of nitrogens with one attached hydrogen (secondary N) is 1. The molecular weight excluding hydrogens is 262 g/mol. The van der Waals surface area contributed by atoms with Crippen LogP contribution in [-0.2, 0) is 9.53 Å². The molecule has 0 radical (unpaired) electrons. The van der Waals surface area contributed by atoms with E-state index in [0.29, 0.717) is 6.61 Å². The summed E-state index contributed by atoms with van der Waals surface area (Å²) in [6, 6.07) is 5.82. The van der Waals surface area contributed by atoms with Crippen LogP contribution in [0, 0.1) is 21.4 Å². The monoisotopic (exact) mass is 277 g/mol. The number of carbonyl (C=O) groups excluding carboxylic acids is 1. The molecule has 0 unspecified atom stereocenters. The van der Waals surface area contributed by atoms with Crippen molar-refractivity contribution < 1.29 is 14.5 Å². The number of nitro benzene ring substituents is 1. The van der Waals surface area contributed by atoms with Gasteiger partial charge in [-0.15, -0.1) is 0 Å². The van der Waals surface area contributed by atoms with Crippen molar-refractivity contribution in [2.24, 2.45) is 0 Å². The molecule has 0 aromatic heterocycles. The van der Waals surface area contributed by atoms with Crippen molar-refractivity contribution in [3.05, 3.63) is 33.9 Å². The zero-order valence-corrected chi connectivity index (χ0v) is 11.1. The predicted octanol–water partition coefficient (Wildman–Crippen LogP) is 2.22. The Morgan fingerprint density at radius 1 is 1.55 bits per heavy atom. The number of ether oxygens (including phenoxy) is 1. The van der Waals surface area contributed by atoms with Gasteiger partial charge in [-0.1, -0.05) is 13.3 Å². The van der Waals surface area contributed by atoms with E-state index < -0.39 is 10.9 Å². The summed E-state index contributed by atoms with van der Waals surface area (Å²) in [6.07, 6.45) is 1.70. The molecule has 1 rings (SSSR count). The van der Waals surface area contributed by atoms with Gasteiger partial charge in [0.1, 0.15) is 12.2 Å². The molecular formula is C13H15N3O4. The van der Waals surface area contributed by atoms with Crippen LogP contribution in [0.4, 0.5) is 11.4 Å². The smallest absolute Gasteiger partial charge is 0.325 e. The third-order valence-electron chi connectivity index (χ3n) is 2.51. The van der Waals surface area contributed by atoms with Crippen molar-refractivity contribution in [3.8, 4) is 6.07 Å². The molecule has 0 aliphatic carbocycles. The molecule has 0 fully saturated rings. The number of anilines is 1. The molecule has 1 aromatic carbocycles. The van der Waals surface area contributed by atoms with E-state index in [-0.39, 0.29) is 23.5 Å². The Labute approximate surface area is 116 Å². The summed E-state index contributed by atoms with van der Waals surface area (Å²) in [5.74, 6) is -0.475. The van der Waals surface area contributed by atoms with E-state index in [9.17, 15) is 14.9 Å². The first-order chi connectivity index (χ1) is 9.58. The first kappa shape index (κ1) is 15.4. The van der Waals surface area contributed by atoms with E-state index in [1.54, 1.807) is 0 Å². The second kappa shape index (κ2) is 7.74. The molecule has 0 saturated heterocycles. The lowest BCUT2D eigenvalue weighted by atomic mass is 10.2. The lowest BCUT2D eigenvalue weighted by Crippen LogP contribution is -2.18. The summed E-state index contributed by atoms with van der Waals surface area (Å²) in [5, 5.41) is 22.2. The summed E-state index contributed by atoms with van der Waals surface area (Å²) in [4.78, 5) is 21.7. The number of nitrogens with zero attached hydrogens (tertiary/aromatic N) is 2. The molecule has 7 heteroatoms. The number of hydrogen-bond donors (Lipinski definition) is 1. The number of rotatable bonds is 7. The van der Waals surface area contributed by atoms with Crippen LogP contribution in [0.25, 0.3) is 0 Å². The summed E-state index contributed by atoms with van der Waals surface area (Å²) in [7, 11) is 0. The molecule has 0 saturated carbocycles. The van der Waals surface area contributed by atoms with E-state index in [4.69, 9.17) is 10.00 Å². The Morgan fingerprint density at radius 3 is 2.90 bits per heavy atom. The van der Waals surface area contributed by atoms with Crippen LogP contribution in [0.15, 0.2) is 18.2 Å². The molecule has 0 amide bonds. The summed E-state index contributed by atoms with van der Waals surface area (Å²) in [5.41, 5.74) is 0.125. The largest absolute Gasteiger partial charge is 0.464 e. The zero-order chi connectivity index (χ0) is 15.0. The number of unbranched alkanes of at least 4 members (excludes halogenated alkanes) is 1. The maximum absolute atomic E-state index is 11.4. The lowest BCUT2D eigenvalue weighted by Gasteiger charge is -2.07. The van der Waals surface area contributed by atoms with Crippen molar-refractivity contribution in [2.75, 3.05) is 18.5 Å². The number of benzene rings is 1. The highest BCUT2D eigenvalue weighted by molar-refractivity contribution is 5.77. The highest BCUT2D eigenvalue weighted by Crippen LogP contribution is 2.25. The third kappa shape index (κ3) is 4.57. The van der Waals surface area contributed by atoms with Crippen LogP contribution in [0.5, 0.6) is 0 Å². The van der Waals surface area contributed by atoms with E-state index in [1.165, 1.54) is 12.1 Å². The summed E-state index contributed by atoms with van der Waals surface area (Å²) in [6.45, 7) is 2.16. The van der Waals surface area contributed by atoms with Gasteiger partial charge < -0.3 is 10.1 Å². The van der Waals surface area contributed by atoms with Crippen LogP contribution in [-0.4, -0.2) is 24.0 Å². The minimum absolute atomic E-state index is 0.156. The molecule has 0 atom stereocenters. The molecule has 0 aliphatic heterocycles. The number of esters is 1. The van der Waals surface area contributed by atoms with Crippen molar-refractivity contribution in [2.45, 2.75) is 19.8 Å². The van der Waals surface area contributed by atoms with Crippen LogP contribution in [0.3, 0.4) is 0 Å². The fourth-order valence-corrected chi connectivity index (χ4v) is 1.45. The summed E-state index contributed by atoms with van der Waals surface area (Å²) >= 11 is 0. The first-order valence-electron chi connectivity index (χ1n) is 6.16. The average Bonchev–Trinajstić information content (AvgIpc) is 2.45. The Balaban J connectivity index is 2.66. The van der Waals surface area contributed by atoms with Crippen molar-refractivity contribution in [1.29, 1.82) is 5.26 Å². The van der Waals surface area contributed by atoms with Gasteiger partial charge in [-0.3, -0.25) is 14.9 Å². The van der Waals surface area contributed by atoms with E-state index in [2.05, 4.69) is 5.32 Å². The van der Waals surface area contributed by atoms with E-state index in [0.717, 1.165) is 18.9 Å². The standard InChI is InChI=1S/C13H15N3O4/c1-2-3-6-20-13(17)9-15-11-5-4-10(8-14)7-12(11)16(18)19/h4-5,7,15H,2-3,6,9H2,1H3. The van der Waals surface area contributed by atoms with Crippen LogP contribution < -0.4 is 5.32 Å². The molecule has 0 bridgehead atoms. The van der Waals surface area contributed by atoms with Crippen molar-refractivity contribution in [3.63, 3.8) is 0 Å². The molecule has 7 nitrogen and oxygen atoms in total. The Hall–Kier alpha value is -2.62. The second-order valence-corrected chi connectivity index (χ2v) is 4.03. The van der Waals surface area contributed by atoms with Gasteiger partial charge in [0.25, 0.3) is 5.69 Å². The lowest BCUT2D eigenvalue weighted by molar-refractivity contribution is -0.384. The fourth-order valence-electron chi connectivity index (χ4n) is 1.45. The van der Waals surface area contributed by atoms with Crippen LogP contribution >= 0.6 is 0 Å². The molecule has 0 heterocycles. The first-order valence-corrected chi connectivity index (χ1v) is 6.16. The van der Waals surface area contributed by atoms with Gasteiger partial charge in [-0.2, -0.15) is 5.26 Å². The minimum atomic E-state index is -0.606. The molecule has 0 aliphatic rings. The van der Waals surface area contributed by atoms with Crippen LogP contribution in [0.1, 0.15) is 25.3 Å². The van der Waals surface area contributed by atoms with Gasteiger partial charge in [-0.05, 0) is 18.6 Å². The van der Waals surface area contributed by atoms with Gasteiger partial charge in [0.05, 0.1) is 23.2 Å². The highest BCUT2D eigenvalue weighted by Gasteiger charge is 2.15. The zero-order valence-electron chi connectivity index (χ0n) is 11.1. The minimum Gasteiger partial charge on any atom is -0.464 e. The van der Waals surface area contributed by atoms with Gasteiger partial charge in [0.2, 0.25) is 0 Å². The van der Waals surface area contributed by atoms with Crippen molar-refractivity contribution in [1.82, 2.24) is 0 Å². The Morgan fingerprint density at radius 2 is 2.30 bits per heavy atom. The Bertz CT molecular complexity index is 537. The highest BCUT2D eigenvalue weighted by atomic mass is 16.6. The van der Waals surface area contributed by atoms with Gasteiger partial charge in [0.15, 0.2) is 0 Å². The normalized spacial score (nSPS) is 9.60. The Kier molecular flexibility index (Phi) is 5.97. The molecule has 1 aromatic rings. The number of hydrogen-bond acceptors (Lipinski definition) is 6. The topological polar surface area (TPSA) is 105 Å². The second-order valence-electron chi connectivity index (χ2n) is 4.03. The number of nitriles is 1. The third-order valence-corrected chi connectivity index (χ3v) is 2.51. The number of nitro groups is 1. The maximum Gasteiger partial charge on any atom is 0.325 e. The quantitative estimate of drug-likeness (QED) is 0.354. The predicted molar refractivity (Wildman–Crippen MR) is 72.2 cm³/mol. The van der Waals surface area contributed by atoms with Gasteiger partial charge in [-0.25, -0.2) is 0 Å². The molecule has 0 spiro atoms. The van der Waals surface area contributed by atoms with Gasteiger partial charge in [0, 0.05) is 6.07 Å². The fraction of sp³-hybridized carbons (Fsp3) is 0.385. The number of carbonyl (C=O) groups is 1. The molecule has 106 valence electrons. The van der Waals surface area contributed by atoms with Crippen molar-refractivity contribution >= 4 is 17.3 Å². The maximum atomic E-state index is 11.4. The van der Waals surface area contributed by atoms with E-state index in [1.807, 2.05) is 13.0 Å².